The minimum absolute atomic E-state index is 0.125. The molecule has 1 N–H and O–H groups in total. The summed E-state index contributed by atoms with van der Waals surface area (Å²) in [7, 11) is 0. The van der Waals surface area contributed by atoms with Gasteiger partial charge in [0.25, 0.3) is 5.91 Å². The Hall–Kier alpha value is -2.88. The first kappa shape index (κ1) is 16.0. The van der Waals surface area contributed by atoms with Crippen molar-refractivity contribution in [1.82, 2.24) is 10.3 Å². The molecule has 0 atom stereocenters. The molecule has 0 aliphatic carbocycles. The van der Waals surface area contributed by atoms with Gasteiger partial charge in [-0.3, -0.25) is 9.78 Å². The molecule has 0 radical (unpaired) electrons. The van der Waals surface area contributed by atoms with Crippen LogP contribution >= 0.6 is 0 Å². The Labute approximate surface area is 141 Å². The molecular formula is C20H20N2O2. The standard InChI is InChI=1S/C20H20N2O2/c1-2-24-19-14-16-8-4-3-7-15(16)13-18(19)20(23)22-12-10-17-9-5-6-11-21-17/h3-9,11,13-14H,2,10,12H2,1H3,(H,22,23). The van der Waals surface area contributed by atoms with Crippen LogP contribution in [0.1, 0.15) is 23.0 Å². The average molecular weight is 320 g/mol. The number of carbonyl (C=O) groups excluding carboxylic acids is 1. The van der Waals surface area contributed by atoms with E-state index >= 15 is 0 Å². The van der Waals surface area contributed by atoms with Crippen molar-refractivity contribution in [3.63, 3.8) is 0 Å². The molecule has 0 fully saturated rings. The number of hydrogen-bond donors (Lipinski definition) is 1. The van der Waals surface area contributed by atoms with Crippen LogP contribution in [0, 0.1) is 0 Å². The van der Waals surface area contributed by atoms with Crippen LogP contribution in [0.5, 0.6) is 5.75 Å². The number of nitrogens with one attached hydrogen (secondary N) is 1. The van der Waals surface area contributed by atoms with Gasteiger partial charge in [0.15, 0.2) is 0 Å². The molecule has 0 saturated carbocycles. The number of ether oxygens (including phenoxy) is 1. The third-order valence-corrected chi connectivity index (χ3v) is 3.79. The summed E-state index contributed by atoms with van der Waals surface area (Å²) in [6.07, 6.45) is 2.46. The van der Waals surface area contributed by atoms with Gasteiger partial charge in [-0.15, -0.1) is 0 Å². The fraction of sp³-hybridized carbons (Fsp3) is 0.200. The number of amides is 1. The van der Waals surface area contributed by atoms with E-state index in [0.29, 0.717) is 30.9 Å². The highest BCUT2D eigenvalue weighted by atomic mass is 16.5. The second-order valence-electron chi connectivity index (χ2n) is 5.46. The van der Waals surface area contributed by atoms with Gasteiger partial charge < -0.3 is 10.1 Å². The van der Waals surface area contributed by atoms with E-state index in [2.05, 4.69) is 10.3 Å². The van der Waals surface area contributed by atoms with E-state index in [-0.39, 0.29) is 5.91 Å². The average Bonchev–Trinajstić information content (AvgIpc) is 2.62. The monoisotopic (exact) mass is 320 g/mol. The molecule has 24 heavy (non-hydrogen) atoms. The number of pyridine rings is 1. The molecule has 0 saturated heterocycles. The number of benzene rings is 2. The Kier molecular flexibility index (Phi) is 5.06. The van der Waals surface area contributed by atoms with Crippen molar-refractivity contribution in [3.8, 4) is 5.75 Å². The molecule has 0 unspecified atom stereocenters. The van der Waals surface area contributed by atoms with Gasteiger partial charge in [-0.1, -0.05) is 30.3 Å². The maximum absolute atomic E-state index is 12.6. The van der Waals surface area contributed by atoms with E-state index in [9.17, 15) is 4.79 Å². The Morgan fingerprint density at radius 3 is 2.54 bits per heavy atom. The summed E-state index contributed by atoms with van der Waals surface area (Å²) in [6.45, 7) is 2.97. The van der Waals surface area contributed by atoms with Gasteiger partial charge in [0, 0.05) is 24.9 Å². The van der Waals surface area contributed by atoms with E-state index in [1.807, 2.05) is 61.5 Å². The summed E-state index contributed by atoms with van der Waals surface area (Å²) < 4.78 is 5.66. The highest BCUT2D eigenvalue weighted by molar-refractivity contribution is 6.01. The van der Waals surface area contributed by atoms with Gasteiger partial charge in [0.05, 0.1) is 12.2 Å². The van der Waals surface area contributed by atoms with Gasteiger partial charge in [0.2, 0.25) is 0 Å². The van der Waals surface area contributed by atoms with Gasteiger partial charge >= 0.3 is 0 Å². The van der Waals surface area contributed by atoms with Crippen molar-refractivity contribution < 1.29 is 9.53 Å². The largest absolute Gasteiger partial charge is 0.493 e. The molecule has 1 aromatic heterocycles. The van der Waals surface area contributed by atoms with Crippen LogP contribution in [-0.2, 0) is 6.42 Å². The molecule has 3 rings (SSSR count). The zero-order valence-corrected chi connectivity index (χ0v) is 13.7. The summed E-state index contributed by atoms with van der Waals surface area (Å²) in [5, 5.41) is 5.04. The number of rotatable bonds is 6. The summed E-state index contributed by atoms with van der Waals surface area (Å²) in [6, 6.07) is 17.5. The molecule has 0 spiro atoms. The van der Waals surface area contributed by atoms with Crippen LogP contribution in [0.25, 0.3) is 10.8 Å². The Balaban J connectivity index is 1.76. The van der Waals surface area contributed by atoms with Crippen LogP contribution in [0.3, 0.4) is 0 Å². The summed E-state index contributed by atoms with van der Waals surface area (Å²) >= 11 is 0. The fourth-order valence-electron chi connectivity index (χ4n) is 2.62. The number of nitrogens with zero attached hydrogens (tertiary/aromatic N) is 1. The topological polar surface area (TPSA) is 51.2 Å². The quantitative estimate of drug-likeness (QED) is 0.755. The van der Waals surface area contributed by atoms with Crippen LogP contribution in [0.15, 0.2) is 60.8 Å². The lowest BCUT2D eigenvalue weighted by molar-refractivity contribution is 0.0950. The molecule has 122 valence electrons. The number of fused-ring (bicyclic) bond motifs is 1. The first-order valence-corrected chi connectivity index (χ1v) is 8.11. The van der Waals surface area contributed by atoms with E-state index in [4.69, 9.17) is 4.74 Å². The van der Waals surface area contributed by atoms with Crippen LogP contribution < -0.4 is 10.1 Å². The Morgan fingerprint density at radius 1 is 1.08 bits per heavy atom. The van der Waals surface area contributed by atoms with Crippen LogP contribution in [0.4, 0.5) is 0 Å². The van der Waals surface area contributed by atoms with Gasteiger partial charge in [-0.25, -0.2) is 0 Å². The smallest absolute Gasteiger partial charge is 0.255 e. The fourth-order valence-corrected chi connectivity index (χ4v) is 2.62. The first-order valence-electron chi connectivity index (χ1n) is 8.11. The van der Waals surface area contributed by atoms with Gasteiger partial charge in [0.1, 0.15) is 5.75 Å². The van der Waals surface area contributed by atoms with Gasteiger partial charge in [-0.05, 0) is 42.0 Å². The zero-order valence-electron chi connectivity index (χ0n) is 13.7. The van der Waals surface area contributed by atoms with E-state index < -0.39 is 0 Å². The maximum atomic E-state index is 12.6. The lowest BCUT2D eigenvalue weighted by Gasteiger charge is -2.12. The minimum Gasteiger partial charge on any atom is -0.493 e. The van der Waals surface area contributed by atoms with Gasteiger partial charge in [-0.2, -0.15) is 0 Å². The van der Waals surface area contributed by atoms with Crippen molar-refractivity contribution in [2.75, 3.05) is 13.2 Å². The van der Waals surface area contributed by atoms with Crippen molar-refractivity contribution in [1.29, 1.82) is 0 Å². The van der Waals surface area contributed by atoms with E-state index in [1.165, 1.54) is 0 Å². The predicted molar refractivity (Wildman–Crippen MR) is 95.4 cm³/mol. The second-order valence-corrected chi connectivity index (χ2v) is 5.46. The number of aromatic nitrogens is 1. The molecule has 2 aromatic carbocycles. The molecule has 0 aliphatic heterocycles. The molecule has 4 nitrogen and oxygen atoms in total. The first-order chi connectivity index (χ1) is 11.8. The van der Waals surface area contributed by atoms with Crippen molar-refractivity contribution in [2.45, 2.75) is 13.3 Å². The maximum Gasteiger partial charge on any atom is 0.255 e. The molecule has 0 bridgehead atoms. The third-order valence-electron chi connectivity index (χ3n) is 3.79. The van der Waals surface area contributed by atoms with Crippen LogP contribution in [-0.4, -0.2) is 24.0 Å². The van der Waals surface area contributed by atoms with Crippen LogP contribution in [0.2, 0.25) is 0 Å². The summed E-state index contributed by atoms with van der Waals surface area (Å²) in [4.78, 5) is 16.8. The second kappa shape index (κ2) is 7.59. The van der Waals surface area contributed by atoms with Crippen molar-refractivity contribution in [3.05, 3.63) is 72.1 Å². The molecule has 0 aliphatic rings. The van der Waals surface area contributed by atoms with Crippen molar-refractivity contribution >= 4 is 16.7 Å². The molecule has 4 heteroatoms. The third kappa shape index (κ3) is 3.71. The summed E-state index contributed by atoms with van der Waals surface area (Å²) in [5.74, 6) is 0.492. The molecule has 1 heterocycles. The SMILES string of the molecule is CCOc1cc2ccccc2cc1C(=O)NCCc1ccccn1. The number of hydrogen-bond acceptors (Lipinski definition) is 3. The Bertz CT molecular complexity index is 831. The molecule has 1 amide bonds. The van der Waals surface area contributed by atoms with E-state index in [1.54, 1.807) is 6.20 Å². The zero-order chi connectivity index (χ0) is 16.8. The van der Waals surface area contributed by atoms with E-state index in [0.717, 1.165) is 16.5 Å². The molecule has 3 aromatic rings. The van der Waals surface area contributed by atoms with Crippen molar-refractivity contribution in [2.24, 2.45) is 0 Å². The highest BCUT2D eigenvalue weighted by Gasteiger charge is 2.13. The predicted octanol–water partition coefficient (Wildman–Crippen LogP) is 3.61. The minimum atomic E-state index is -0.125. The normalized spacial score (nSPS) is 10.5. The Morgan fingerprint density at radius 2 is 1.83 bits per heavy atom. The number of carbonyl (C=O) groups is 1. The molecular weight excluding hydrogens is 300 g/mol. The lowest BCUT2D eigenvalue weighted by atomic mass is 10.1. The summed E-state index contributed by atoms with van der Waals surface area (Å²) in [5.41, 5.74) is 1.53. The highest BCUT2D eigenvalue weighted by Crippen LogP contribution is 2.26. The lowest BCUT2D eigenvalue weighted by Crippen LogP contribution is -2.26.